The molecule has 2 aliphatic rings. The van der Waals surface area contributed by atoms with Gasteiger partial charge in [0.2, 0.25) is 0 Å². The second-order valence-electron chi connectivity index (χ2n) is 9.49. The number of aromatic nitrogens is 1. The Labute approximate surface area is 204 Å². The predicted octanol–water partition coefficient (Wildman–Crippen LogP) is 3.46. The van der Waals surface area contributed by atoms with E-state index in [0.29, 0.717) is 18.4 Å². The van der Waals surface area contributed by atoms with Crippen LogP contribution in [0.1, 0.15) is 28.8 Å². The molecule has 7 heteroatoms. The number of hydrogen-bond acceptors (Lipinski definition) is 5. The van der Waals surface area contributed by atoms with Gasteiger partial charge in [0.15, 0.2) is 5.78 Å². The first-order chi connectivity index (χ1) is 16.9. The molecule has 5 rings (SSSR count). The molecule has 2 unspecified atom stereocenters. The number of fused-ring (bicyclic) bond motifs is 1. The van der Waals surface area contributed by atoms with Crippen LogP contribution in [0.3, 0.4) is 0 Å². The topological polar surface area (TPSA) is 111 Å². The Morgan fingerprint density at radius 1 is 1.11 bits per heavy atom. The molecular weight excluding hydrogens is 440 g/mol. The van der Waals surface area contributed by atoms with Crippen molar-refractivity contribution in [1.29, 1.82) is 0 Å². The predicted molar refractivity (Wildman–Crippen MR) is 136 cm³/mol. The number of carbonyl (C=O) groups excluding carboxylic acids is 2. The minimum atomic E-state index is -1.52. The van der Waals surface area contributed by atoms with Gasteiger partial charge < -0.3 is 21.1 Å². The lowest BCUT2D eigenvalue weighted by Crippen LogP contribution is -2.64. The summed E-state index contributed by atoms with van der Waals surface area (Å²) in [6.07, 6.45) is 7.65. The number of nitrogens with one attached hydrogen (secondary N) is 2. The number of amides is 1. The molecule has 2 aromatic carbocycles. The van der Waals surface area contributed by atoms with E-state index < -0.39 is 11.6 Å². The molecule has 3 aromatic rings. The van der Waals surface area contributed by atoms with Gasteiger partial charge in [0.25, 0.3) is 5.91 Å². The van der Waals surface area contributed by atoms with Gasteiger partial charge in [-0.15, -0.1) is 0 Å². The van der Waals surface area contributed by atoms with Crippen molar-refractivity contribution in [2.45, 2.75) is 31.0 Å². The molecule has 1 amide bonds. The third-order valence-corrected chi connectivity index (χ3v) is 7.10. The van der Waals surface area contributed by atoms with Crippen LogP contribution in [0, 0.1) is 5.92 Å². The number of aromatic amines is 1. The first-order valence-electron chi connectivity index (χ1n) is 12.0. The van der Waals surface area contributed by atoms with Gasteiger partial charge in [-0.25, -0.2) is 0 Å². The zero-order valence-corrected chi connectivity index (χ0v) is 19.5. The number of nitrogens with two attached hydrogens (primary N) is 1. The quantitative estimate of drug-likeness (QED) is 0.441. The Kier molecular flexibility index (Phi) is 6.28. The number of aliphatic hydroxyl groups is 1. The van der Waals surface area contributed by atoms with Gasteiger partial charge in [0.1, 0.15) is 11.3 Å². The Bertz CT molecular complexity index is 1290. The van der Waals surface area contributed by atoms with Crippen LogP contribution in [-0.4, -0.2) is 51.4 Å². The van der Waals surface area contributed by atoms with Crippen LogP contribution >= 0.6 is 0 Å². The maximum absolute atomic E-state index is 13.7. The van der Waals surface area contributed by atoms with Crippen LogP contribution in [0.2, 0.25) is 0 Å². The van der Waals surface area contributed by atoms with Gasteiger partial charge >= 0.3 is 0 Å². The average Bonchev–Trinajstić information content (AvgIpc) is 3.34. The SMILES string of the molecule is NC1(C(=O)C2CCN(Cc3ccccc3)CC2)C=C(O)C=CC1NC(=O)c1ccc2cc[nH]c2c1. The van der Waals surface area contributed by atoms with Gasteiger partial charge in [-0.2, -0.15) is 0 Å². The van der Waals surface area contributed by atoms with Gasteiger partial charge in [-0.3, -0.25) is 14.5 Å². The molecule has 2 atom stereocenters. The number of allylic oxidation sites excluding steroid dienone is 1. The number of rotatable bonds is 6. The first-order valence-corrected chi connectivity index (χ1v) is 12.0. The monoisotopic (exact) mass is 470 g/mol. The van der Waals surface area contributed by atoms with E-state index in [0.717, 1.165) is 30.5 Å². The number of aliphatic hydroxyl groups excluding tert-OH is 1. The van der Waals surface area contributed by atoms with Gasteiger partial charge in [0, 0.05) is 29.7 Å². The van der Waals surface area contributed by atoms with Crippen LogP contribution in [0.4, 0.5) is 0 Å². The number of piperidine rings is 1. The average molecular weight is 471 g/mol. The number of benzene rings is 2. The number of hydrogen-bond donors (Lipinski definition) is 4. The lowest BCUT2D eigenvalue weighted by molar-refractivity contribution is -0.128. The van der Waals surface area contributed by atoms with E-state index >= 15 is 0 Å². The highest BCUT2D eigenvalue weighted by molar-refractivity contribution is 6.00. The maximum atomic E-state index is 13.7. The lowest BCUT2D eigenvalue weighted by atomic mass is 9.75. The third kappa shape index (κ3) is 4.78. The van der Waals surface area contributed by atoms with Gasteiger partial charge in [-0.1, -0.05) is 42.5 Å². The molecule has 180 valence electrons. The van der Waals surface area contributed by atoms with Crippen LogP contribution in [0.25, 0.3) is 10.9 Å². The molecule has 5 N–H and O–H groups in total. The second kappa shape index (κ2) is 9.52. The summed E-state index contributed by atoms with van der Waals surface area (Å²) in [5, 5.41) is 14.1. The molecule has 1 aliphatic carbocycles. The summed E-state index contributed by atoms with van der Waals surface area (Å²) in [4.78, 5) is 32.2. The van der Waals surface area contributed by atoms with Crippen LogP contribution in [0.5, 0.6) is 0 Å². The Morgan fingerprint density at radius 2 is 1.89 bits per heavy atom. The molecule has 0 bridgehead atoms. The normalized spacial score (nSPS) is 23.2. The molecule has 2 heterocycles. The molecule has 1 aromatic heterocycles. The molecule has 0 spiro atoms. The van der Waals surface area contributed by atoms with E-state index in [1.807, 2.05) is 36.5 Å². The van der Waals surface area contributed by atoms with E-state index in [2.05, 4.69) is 27.3 Å². The summed E-state index contributed by atoms with van der Waals surface area (Å²) in [5.74, 6) is -0.790. The Morgan fingerprint density at radius 3 is 2.66 bits per heavy atom. The number of likely N-dealkylation sites (tertiary alicyclic amines) is 1. The lowest BCUT2D eigenvalue weighted by Gasteiger charge is -2.39. The van der Waals surface area contributed by atoms with E-state index in [1.54, 1.807) is 18.2 Å². The van der Waals surface area contributed by atoms with Crippen LogP contribution in [-0.2, 0) is 11.3 Å². The van der Waals surface area contributed by atoms with Crippen molar-refractivity contribution in [3.05, 3.63) is 95.9 Å². The largest absolute Gasteiger partial charge is 0.508 e. The number of ketones is 1. The zero-order valence-electron chi connectivity index (χ0n) is 19.5. The summed E-state index contributed by atoms with van der Waals surface area (Å²) in [5.41, 5.74) is 7.71. The summed E-state index contributed by atoms with van der Waals surface area (Å²) in [6.45, 7) is 2.43. The Hall–Kier alpha value is -3.68. The van der Waals surface area contributed by atoms with Crippen molar-refractivity contribution in [2.24, 2.45) is 11.7 Å². The molecule has 1 saturated heterocycles. The number of Topliss-reactive ketones (excluding diaryl/α,β-unsaturated/α-hetero) is 1. The van der Waals surface area contributed by atoms with Gasteiger partial charge in [-0.05, 0) is 67.2 Å². The van der Waals surface area contributed by atoms with Crippen molar-refractivity contribution in [3.63, 3.8) is 0 Å². The van der Waals surface area contributed by atoms with Crippen molar-refractivity contribution in [3.8, 4) is 0 Å². The molecule has 0 saturated carbocycles. The fourth-order valence-electron chi connectivity index (χ4n) is 5.09. The van der Waals surface area contributed by atoms with Crippen molar-refractivity contribution in [1.82, 2.24) is 15.2 Å². The highest BCUT2D eigenvalue weighted by Crippen LogP contribution is 2.29. The highest BCUT2D eigenvalue weighted by Gasteiger charge is 2.45. The summed E-state index contributed by atoms with van der Waals surface area (Å²) >= 11 is 0. The molecule has 1 aliphatic heterocycles. The smallest absolute Gasteiger partial charge is 0.251 e. The minimum Gasteiger partial charge on any atom is -0.508 e. The van der Waals surface area contributed by atoms with Crippen LogP contribution in [0.15, 0.2) is 84.8 Å². The summed E-state index contributed by atoms with van der Waals surface area (Å²) < 4.78 is 0. The highest BCUT2D eigenvalue weighted by atomic mass is 16.3. The second-order valence-corrected chi connectivity index (χ2v) is 9.49. The van der Waals surface area contributed by atoms with Crippen molar-refractivity contribution >= 4 is 22.6 Å². The van der Waals surface area contributed by atoms with E-state index in [-0.39, 0.29) is 23.4 Å². The maximum Gasteiger partial charge on any atom is 0.251 e. The zero-order chi connectivity index (χ0) is 24.4. The summed E-state index contributed by atoms with van der Waals surface area (Å²) in [7, 11) is 0. The Balaban J connectivity index is 1.27. The number of H-pyrrole nitrogens is 1. The van der Waals surface area contributed by atoms with E-state index in [1.165, 1.54) is 17.7 Å². The minimum absolute atomic E-state index is 0.0688. The number of nitrogens with zero attached hydrogens (tertiary/aromatic N) is 1. The standard InChI is InChI=1S/C28H30N4O3/c29-28(26(34)21-11-14-32(15-12-21)18-19-4-2-1-3-5-19)17-23(33)8-9-25(28)31-27(35)22-7-6-20-10-13-30-24(20)16-22/h1-10,13,16-17,21,25,30,33H,11-12,14-15,18,29H2,(H,31,35). The van der Waals surface area contributed by atoms with Gasteiger partial charge in [0.05, 0.1) is 6.04 Å². The van der Waals surface area contributed by atoms with Crippen LogP contribution < -0.4 is 11.1 Å². The molecular formula is C28H30N4O3. The fourth-order valence-corrected chi connectivity index (χ4v) is 5.09. The summed E-state index contributed by atoms with van der Waals surface area (Å²) in [6, 6.07) is 16.8. The number of carbonyl (C=O) groups is 2. The molecule has 7 nitrogen and oxygen atoms in total. The third-order valence-electron chi connectivity index (χ3n) is 7.10. The molecule has 0 radical (unpaired) electrons. The molecule has 1 fully saturated rings. The van der Waals surface area contributed by atoms with Crippen molar-refractivity contribution < 1.29 is 14.7 Å². The van der Waals surface area contributed by atoms with E-state index in [9.17, 15) is 14.7 Å². The van der Waals surface area contributed by atoms with Crippen molar-refractivity contribution in [2.75, 3.05) is 13.1 Å². The van der Waals surface area contributed by atoms with E-state index in [4.69, 9.17) is 5.73 Å². The molecule has 35 heavy (non-hydrogen) atoms. The fraction of sp³-hybridized carbons (Fsp3) is 0.286. The first kappa shape index (κ1) is 23.1.